The predicted octanol–water partition coefficient (Wildman–Crippen LogP) is 2.98. The molecule has 0 fully saturated rings. The summed E-state index contributed by atoms with van der Waals surface area (Å²) in [5.41, 5.74) is 2.31. The monoisotopic (exact) mass is 487 g/mol. The van der Waals surface area contributed by atoms with Gasteiger partial charge in [0.2, 0.25) is 0 Å². The van der Waals surface area contributed by atoms with Crippen molar-refractivity contribution in [3.63, 3.8) is 0 Å². The van der Waals surface area contributed by atoms with Gasteiger partial charge < -0.3 is 29.4 Å². The molecular formula is C26H33NO8. The molecule has 1 heterocycles. The molecule has 0 saturated heterocycles. The van der Waals surface area contributed by atoms with Crippen molar-refractivity contribution in [3.05, 3.63) is 46.3 Å². The molecule has 2 N–H and O–H groups in total. The van der Waals surface area contributed by atoms with Crippen LogP contribution in [0.15, 0.2) is 40.7 Å². The lowest BCUT2D eigenvalue weighted by molar-refractivity contribution is -0.151. The first-order valence-corrected chi connectivity index (χ1v) is 11.7. The first-order chi connectivity index (χ1) is 16.7. The average molecular weight is 488 g/mol. The smallest absolute Gasteiger partial charge is 0.336 e. The van der Waals surface area contributed by atoms with Crippen LogP contribution in [0, 0.1) is 11.8 Å². The number of benzene rings is 1. The molecule has 3 atom stereocenters. The number of carbonyl (C=O) groups excluding carboxylic acids is 3. The van der Waals surface area contributed by atoms with Gasteiger partial charge in [-0.3, -0.25) is 9.59 Å². The highest BCUT2D eigenvalue weighted by Gasteiger charge is 2.47. The van der Waals surface area contributed by atoms with Crippen LogP contribution < -0.4 is 10.1 Å². The standard InChI is InChI=1S/C26H33NO8/c1-6-9-34-10-11-35-26(31)21-15(3)27-17-12-14(2)20(25(30)33-5)24(29)23(17)22(21)16-7-8-18(28)19(13-16)32-4/h7-8,13-14,20,22,27-28H,6,9-12H2,1-5H3/t14-,20-,22-/m1/s1. The van der Waals surface area contributed by atoms with Gasteiger partial charge in [-0.1, -0.05) is 19.9 Å². The molecule has 9 nitrogen and oxygen atoms in total. The maximum Gasteiger partial charge on any atom is 0.336 e. The third-order valence-corrected chi connectivity index (χ3v) is 6.31. The number of ether oxygens (including phenoxy) is 4. The molecule has 3 rings (SSSR count). The fraction of sp³-hybridized carbons (Fsp3) is 0.500. The second-order valence-corrected chi connectivity index (χ2v) is 8.71. The summed E-state index contributed by atoms with van der Waals surface area (Å²) in [5.74, 6) is -3.58. The highest BCUT2D eigenvalue weighted by atomic mass is 16.6. The normalized spacial score (nSPS) is 21.9. The number of aromatic hydroxyl groups is 1. The van der Waals surface area contributed by atoms with Gasteiger partial charge in [-0.15, -0.1) is 0 Å². The van der Waals surface area contributed by atoms with Crippen LogP contribution in [0.4, 0.5) is 0 Å². The van der Waals surface area contributed by atoms with E-state index < -0.39 is 29.6 Å². The van der Waals surface area contributed by atoms with E-state index in [1.54, 1.807) is 19.1 Å². The van der Waals surface area contributed by atoms with Crippen molar-refractivity contribution in [2.75, 3.05) is 34.0 Å². The van der Waals surface area contributed by atoms with Gasteiger partial charge in [-0.25, -0.2) is 4.79 Å². The van der Waals surface area contributed by atoms with E-state index in [2.05, 4.69) is 5.32 Å². The molecule has 0 radical (unpaired) electrons. The number of ketones is 1. The van der Waals surface area contributed by atoms with E-state index in [0.29, 0.717) is 35.6 Å². The molecule has 2 aliphatic rings. The molecule has 0 saturated carbocycles. The van der Waals surface area contributed by atoms with Crippen molar-refractivity contribution in [2.45, 2.75) is 39.5 Å². The predicted molar refractivity (Wildman–Crippen MR) is 127 cm³/mol. The Morgan fingerprint density at radius 1 is 1.17 bits per heavy atom. The topological polar surface area (TPSA) is 120 Å². The largest absolute Gasteiger partial charge is 0.504 e. The van der Waals surface area contributed by atoms with E-state index >= 15 is 0 Å². The summed E-state index contributed by atoms with van der Waals surface area (Å²) in [7, 11) is 2.67. The molecule has 0 bridgehead atoms. The number of hydrogen-bond donors (Lipinski definition) is 2. The van der Waals surface area contributed by atoms with Crippen LogP contribution in [-0.4, -0.2) is 56.9 Å². The van der Waals surface area contributed by atoms with Crippen LogP contribution >= 0.6 is 0 Å². The highest BCUT2D eigenvalue weighted by Crippen LogP contribution is 2.46. The SMILES string of the molecule is CCCOCCOC(=O)C1=C(C)NC2=C(C(=O)[C@H](C(=O)OC)[C@H](C)C2)[C@@H]1c1ccc(O)c(OC)c1. The lowest BCUT2D eigenvalue weighted by atomic mass is 9.69. The molecule has 1 aromatic carbocycles. The number of allylic oxidation sites excluding steroid dienone is 3. The maximum absolute atomic E-state index is 13.7. The first kappa shape index (κ1) is 26.3. The zero-order valence-electron chi connectivity index (χ0n) is 20.8. The van der Waals surface area contributed by atoms with Crippen molar-refractivity contribution >= 4 is 17.7 Å². The highest BCUT2D eigenvalue weighted by molar-refractivity contribution is 6.12. The van der Waals surface area contributed by atoms with Crippen molar-refractivity contribution in [3.8, 4) is 11.5 Å². The molecule has 1 aliphatic heterocycles. The maximum atomic E-state index is 13.7. The Hall–Kier alpha value is -3.33. The van der Waals surface area contributed by atoms with Gasteiger partial charge in [0.1, 0.15) is 12.5 Å². The number of phenolic OH excluding ortho intramolecular Hbond substituents is 1. The number of carbonyl (C=O) groups is 3. The van der Waals surface area contributed by atoms with E-state index in [9.17, 15) is 19.5 Å². The van der Waals surface area contributed by atoms with E-state index in [4.69, 9.17) is 18.9 Å². The second kappa shape index (κ2) is 11.4. The lowest BCUT2D eigenvalue weighted by Crippen LogP contribution is -2.43. The summed E-state index contributed by atoms with van der Waals surface area (Å²) in [5, 5.41) is 13.3. The van der Waals surface area contributed by atoms with Gasteiger partial charge >= 0.3 is 11.9 Å². The fourth-order valence-corrected chi connectivity index (χ4v) is 4.68. The number of nitrogens with one attached hydrogen (secondary N) is 1. The Bertz CT molecular complexity index is 1060. The van der Waals surface area contributed by atoms with Crippen molar-refractivity contribution in [1.82, 2.24) is 5.32 Å². The number of phenols is 1. The average Bonchev–Trinajstić information content (AvgIpc) is 2.83. The Morgan fingerprint density at radius 2 is 1.91 bits per heavy atom. The minimum Gasteiger partial charge on any atom is -0.504 e. The number of hydrogen-bond acceptors (Lipinski definition) is 9. The zero-order valence-corrected chi connectivity index (χ0v) is 20.8. The first-order valence-electron chi connectivity index (χ1n) is 11.7. The quantitative estimate of drug-likeness (QED) is 0.308. The zero-order chi connectivity index (χ0) is 25.7. The molecular weight excluding hydrogens is 454 g/mol. The van der Waals surface area contributed by atoms with E-state index in [1.807, 2.05) is 13.8 Å². The number of Topliss-reactive ketones (excluding diaryl/α,β-unsaturated/α-hetero) is 1. The lowest BCUT2D eigenvalue weighted by Gasteiger charge is -2.38. The van der Waals surface area contributed by atoms with Crippen LogP contribution in [0.5, 0.6) is 11.5 Å². The molecule has 0 amide bonds. The van der Waals surface area contributed by atoms with Gasteiger partial charge in [0, 0.05) is 29.5 Å². The third kappa shape index (κ3) is 5.35. The van der Waals surface area contributed by atoms with Crippen LogP contribution in [0.3, 0.4) is 0 Å². The summed E-state index contributed by atoms with van der Waals surface area (Å²) in [4.78, 5) is 39.5. The molecule has 35 heavy (non-hydrogen) atoms. The molecule has 190 valence electrons. The summed E-state index contributed by atoms with van der Waals surface area (Å²) >= 11 is 0. The van der Waals surface area contributed by atoms with Crippen LogP contribution in [0.2, 0.25) is 0 Å². The van der Waals surface area contributed by atoms with Crippen molar-refractivity contribution in [1.29, 1.82) is 0 Å². The Kier molecular flexibility index (Phi) is 8.56. The van der Waals surface area contributed by atoms with Crippen molar-refractivity contribution < 1.29 is 38.4 Å². The molecule has 0 aromatic heterocycles. The summed E-state index contributed by atoms with van der Waals surface area (Å²) in [6.45, 7) is 6.44. The van der Waals surface area contributed by atoms with Crippen LogP contribution in [0.25, 0.3) is 0 Å². The van der Waals surface area contributed by atoms with Crippen molar-refractivity contribution in [2.24, 2.45) is 11.8 Å². The molecule has 0 spiro atoms. The number of methoxy groups -OCH3 is 2. The van der Waals surface area contributed by atoms with Crippen LogP contribution in [0.1, 0.15) is 45.1 Å². The minimum atomic E-state index is -0.986. The number of esters is 2. The molecule has 1 aliphatic carbocycles. The molecule has 0 unspecified atom stereocenters. The Labute approximate surface area is 205 Å². The van der Waals surface area contributed by atoms with E-state index in [0.717, 1.165) is 6.42 Å². The Morgan fingerprint density at radius 3 is 2.57 bits per heavy atom. The fourth-order valence-electron chi connectivity index (χ4n) is 4.68. The van der Waals surface area contributed by atoms with Gasteiger partial charge in [-0.2, -0.15) is 0 Å². The van der Waals surface area contributed by atoms with Gasteiger partial charge in [0.05, 0.1) is 26.4 Å². The third-order valence-electron chi connectivity index (χ3n) is 6.31. The van der Waals surface area contributed by atoms with E-state index in [-0.39, 0.29) is 36.2 Å². The Balaban J connectivity index is 2.07. The summed E-state index contributed by atoms with van der Waals surface area (Å²) in [6, 6.07) is 4.65. The number of rotatable bonds is 9. The molecule has 1 aromatic rings. The van der Waals surface area contributed by atoms with Gasteiger partial charge in [0.25, 0.3) is 0 Å². The van der Waals surface area contributed by atoms with E-state index in [1.165, 1.54) is 20.3 Å². The van der Waals surface area contributed by atoms with Gasteiger partial charge in [-0.05, 0) is 43.4 Å². The van der Waals surface area contributed by atoms with Gasteiger partial charge in [0.15, 0.2) is 17.3 Å². The molecule has 9 heteroatoms. The number of dihydropyridines is 1. The minimum absolute atomic E-state index is 0.0584. The van der Waals surface area contributed by atoms with Crippen LogP contribution in [-0.2, 0) is 28.6 Å². The second-order valence-electron chi connectivity index (χ2n) is 8.71. The summed E-state index contributed by atoms with van der Waals surface area (Å²) < 4.78 is 21.1. The summed E-state index contributed by atoms with van der Waals surface area (Å²) in [6.07, 6.45) is 1.28.